The Hall–Kier alpha value is -1.06. The molecule has 1 aromatic heterocycles. The number of hydrogen-bond acceptors (Lipinski definition) is 4. The molecule has 2 rings (SSSR count). The maximum absolute atomic E-state index is 5.86. The van der Waals surface area contributed by atoms with Crippen LogP contribution in [0.25, 0.3) is 0 Å². The largest absolute Gasteiger partial charge is 0.492 e. The Kier molecular flexibility index (Phi) is 10.1. The average molecular weight is 495 g/mol. The number of ether oxygens (including phenoxy) is 1. The molecule has 1 aromatic carbocycles. The first-order chi connectivity index (χ1) is 11.6. The van der Waals surface area contributed by atoms with E-state index in [1.165, 1.54) is 0 Å². The molecule has 1 N–H and O–H groups in total. The standard InChI is InChI=1S/C17H23ClN4OS.HI/c1-13-21-15(12-24-13)8-9-20-17(19-2)22(3)10-11-23-16-6-4-14(18)5-7-16;/h4-7,12H,8-11H2,1-3H3,(H,19,20);1H. The van der Waals surface area contributed by atoms with Gasteiger partial charge in [-0.3, -0.25) is 4.99 Å². The third-order valence-corrected chi connectivity index (χ3v) is 4.49. The summed E-state index contributed by atoms with van der Waals surface area (Å²) in [5, 5.41) is 7.26. The van der Waals surface area contributed by atoms with Crippen molar-refractivity contribution in [2.75, 3.05) is 33.8 Å². The smallest absolute Gasteiger partial charge is 0.193 e. The van der Waals surface area contributed by atoms with Crippen LogP contribution in [0, 0.1) is 6.92 Å². The lowest BCUT2D eigenvalue weighted by molar-refractivity contribution is 0.281. The summed E-state index contributed by atoms with van der Waals surface area (Å²) in [6.07, 6.45) is 0.887. The molecule has 1 heterocycles. The maximum Gasteiger partial charge on any atom is 0.193 e. The number of hydrogen-bond donors (Lipinski definition) is 1. The number of aromatic nitrogens is 1. The predicted molar refractivity (Wildman–Crippen MR) is 117 cm³/mol. The van der Waals surface area contributed by atoms with Crippen LogP contribution in [0.3, 0.4) is 0 Å². The number of guanidine groups is 1. The van der Waals surface area contributed by atoms with Gasteiger partial charge in [-0.2, -0.15) is 0 Å². The number of halogens is 2. The van der Waals surface area contributed by atoms with Crippen molar-refractivity contribution in [2.24, 2.45) is 4.99 Å². The molecule has 0 radical (unpaired) electrons. The van der Waals surface area contributed by atoms with E-state index in [0.717, 1.165) is 41.9 Å². The maximum atomic E-state index is 5.86. The Bertz CT molecular complexity index is 663. The van der Waals surface area contributed by atoms with Gasteiger partial charge in [0.25, 0.3) is 0 Å². The van der Waals surface area contributed by atoms with Crippen LogP contribution >= 0.6 is 46.9 Å². The number of rotatable bonds is 7. The molecule has 0 unspecified atom stereocenters. The van der Waals surface area contributed by atoms with Gasteiger partial charge in [0.1, 0.15) is 12.4 Å². The van der Waals surface area contributed by atoms with Crippen LogP contribution in [-0.4, -0.2) is 49.6 Å². The lowest BCUT2D eigenvalue weighted by atomic mass is 10.3. The first kappa shape index (κ1) is 22.0. The number of benzene rings is 1. The Morgan fingerprint density at radius 1 is 1.36 bits per heavy atom. The minimum absolute atomic E-state index is 0. The highest BCUT2D eigenvalue weighted by molar-refractivity contribution is 14.0. The van der Waals surface area contributed by atoms with E-state index in [1.807, 2.05) is 43.1 Å². The van der Waals surface area contributed by atoms with E-state index in [2.05, 4.69) is 20.7 Å². The van der Waals surface area contributed by atoms with Crippen molar-refractivity contribution in [1.82, 2.24) is 15.2 Å². The second-order valence-electron chi connectivity index (χ2n) is 5.31. The van der Waals surface area contributed by atoms with Crippen LogP contribution in [0.5, 0.6) is 5.75 Å². The molecule has 0 fully saturated rings. The molecule has 5 nitrogen and oxygen atoms in total. The zero-order valence-electron chi connectivity index (χ0n) is 14.7. The monoisotopic (exact) mass is 494 g/mol. The number of likely N-dealkylation sites (N-methyl/N-ethyl adjacent to an activating group) is 1. The van der Waals surface area contributed by atoms with Crippen molar-refractivity contribution in [1.29, 1.82) is 0 Å². The Balaban J connectivity index is 0.00000312. The second kappa shape index (κ2) is 11.5. The summed E-state index contributed by atoms with van der Waals surface area (Å²) in [7, 11) is 3.78. The zero-order chi connectivity index (χ0) is 17.4. The highest BCUT2D eigenvalue weighted by atomic mass is 127. The minimum atomic E-state index is 0. The van der Waals surface area contributed by atoms with Crippen molar-refractivity contribution < 1.29 is 4.74 Å². The molecule has 0 atom stereocenters. The molecule has 2 aromatic rings. The van der Waals surface area contributed by atoms with Gasteiger partial charge in [0.2, 0.25) is 0 Å². The summed E-state index contributed by atoms with van der Waals surface area (Å²) in [4.78, 5) is 10.8. The quantitative estimate of drug-likeness (QED) is 0.361. The van der Waals surface area contributed by atoms with Crippen molar-refractivity contribution in [3.05, 3.63) is 45.4 Å². The Morgan fingerprint density at radius 2 is 2.08 bits per heavy atom. The van der Waals surface area contributed by atoms with Crippen molar-refractivity contribution in [3.8, 4) is 5.75 Å². The second-order valence-corrected chi connectivity index (χ2v) is 6.80. The fourth-order valence-electron chi connectivity index (χ4n) is 2.15. The zero-order valence-corrected chi connectivity index (χ0v) is 18.6. The molecular weight excluding hydrogens is 471 g/mol. The summed E-state index contributed by atoms with van der Waals surface area (Å²) >= 11 is 7.54. The van der Waals surface area contributed by atoms with E-state index >= 15 is 0 Å². The molecule has 25 heavy (non-hydrogen) atoms. The molecule has 138 valence electrons. The van der Waals surface area contributed by atoms with Crippen LogP contribution in [0.4, 0.5) is 0 Å². The van der Waals surface area contributed by atoms with Gasteiger partial charge in [-0.25, -0.2) is 4.98 Å². The van der Waals surface area contributed by atoms with E-state index in [1.54, 1.807) is 18.4 Å². The number of nitrogens with one attached hydrogen (secondary N) is 1. The average Bonchev–Trinajstić information content (AvgIpc) is 2.98. The lowest BCUT2D eigenvalue weighted by Gasteiger charge is -2.22. The first-order valence-electron chi connectivity index (χ1n) is 7.79. The van der Waals surface area contributed by atoms with Gasteiger partial charge in [-0.15, -0.1) is 35.3 Å². The topological polar surface area (TPSA) is 49.8 Å². The summed E-state index contributed by atoms with van der Waals surface area (Å²) in [6, 6.07) is 7.37. The van der Waals surface area contributed by atoms with Gasteiger partial charge < -0.3 is 15.0 Å². The molecule has 0 saturated heterocycles. The summed E-state index contributed by atoms with van der Waals surface area (Å²) < 4.78 is 5.71. The van der Waals surface area contributed by atoms with Crippen LogP contribution in [-0.2, 0) is 6.42 Å². The van der Waals surface area contributed by atoms with Crippen LogP contribution in [0.2, 0.25) is 5.02 Å². The molecule has 0 aliphatic rings. The number of aryl methyl sites for hydroxylation is 1. The van der Waals surface area contributed by atoms with Gasteiger partial charge in [-0.05, 0) is 31.2 Å². The molecular formula is C17H24ClIN4OS. The summed E-state index contributed by atoms with van der Waals surface area (Å²) in [6.45, 7) is 4.13. The Morgan fingerprint density at radius 3 is 2.68 bits per heavy atom. The minimum Gasteiger partial charge on any atom is -0.492 e. The molecule has 0 bridgehead atoms. The van der Waals surface area contributed by atoms with Gasteiger partial charge in [0, 0.05) is 37.5 Å². The number of thiazole rings is 1. The molecule has 0 saturated carbocycles. The predicted octanol–water partition coefficient (Wildman–Crippen LogP) is 3.85. The molecule has 0 aliphatic heterocycles. The van der Waals surface area contributed by atoms with E-state index in [0.29, 0.717) is 11.6 Å². The van der Waals surface area contributed by atoms with E-state index in [-0.39, 0.29) is 24.0 Å². The van der Waals surface area contributed by atoms with Crippen LogP contribution in [0.1, 0.15) is 10.7 Å². The Labute approximate surface area is 175 Å². The van der Waals surface area contributed by atoms with Crippen molar-refractivity contribution in [3.63, 3.8) is 0 Å². The molecule has 0 aliphatic carbocycles. The van der Waals surface area contributed by atoms with E-state index < -0.39 is 0 Å². The normalized spacial score (nSPS) is 11.0. The highest BCUT2D eigenvalue weighted by Gasteiger charge is 2.06. The van der Waals surface area contributed by atoms with Crippen molar-refractivity contribution >= 4 is 52.9 Å². The SMILES string of the molecule is CN=C(NCCc1csc(C)n1)N(C)CCOc1ccc(Cl)cc1.I. The van der Waals surface area contributed by atoms with Crippen LogP contribution in [0.15, 0.2) is 34.6 Å². The number of nitrogens with zero attached hydrogens (tertiary/aromatic N) is 3. The fourth-order valence-corrected chi connectivity index (χ4v) is 2.92. The summed E-state index contributed by atoms with van der Waals surface area (Å²) in [5.41, 5.74) is 1.12. The molecule has 0 amide bonds. The summed E-state index contributed by atoms with van der Waals surface area (Å²) in [5.74, 6) is 1.66. The number of aliphatic imine (C=N–C) groups is 1. The van der Waals surface area contributed by atoms with E-state index in [9.17, 15) is 0 Å². The lowest BCUT2D eigenvalue weighted by Crippen LogP contribution is -2.41. The molecule has 8 heteroatoms. The van der Waals surface area contributed by atoms with Gasteiger partial charge in [-0.1, -0.05) is 11.6 Å². The van der Waals surface area contributed by atoms with E-state index in [4.69, 9.17) is 16.3 Å². The molecule has 0 spiro atoms. The highest BCUT2D eigenvalue weighted by Crippen LogP contribution is 2.15. The van der Waals surface area contributed by atoms with Crippen molar-refractivity contribution in [2.45, 2.75) is 13.3 Å². The van der Waals surface area contributed by atoms with Gasteiger partial charge in [0.15, 0.2) is 5.96 Å². The third kappa shape index (κ3) is 7.79. The third-order valence-electron chi connectivity index (χ3n) is 3.41. The van der Waals surface area contributed by atoms with Crippen LogP contribution < -0.4 is 10.1 Å². The van der Waals surface area contributed by atoms with Gasteiger partial charge >= 0.3 is 0 Å². The fraction of sp³-hybridized carbons (Fsp3) is 0.412. The first-order valence-corrected chi connectivity index (χ1v) is 9.05. The van der Waals surface area contributed by atoms with Gasteiger partial charge in [0.05, 0.1) is 17.2 Å².